The number of piperazine rings is 1. The van der Waals surface area contributed by atoms with Crippen molar-refractivity contribution >= 4 is 16.6 Å². The molecule has 1 aliphatic rings. The second-order valence-electron chi connectivity index (χ2n) is 7.03. The first-order valence-corrected chi connectivity index (χ1v) is 9.58. The van der Waals surface area contributed by atoms with Crippen LogP contribution in [0.2, 0.25) is 0 Å². The van der Waals surface area contributed by atoms with E-state index in [0.29, 0.717) is 22.2 Å². The number of aromatic nitrogens is 1. The molecular weight excluding hydrogens is 352 g/mol. The fourth-order valence-electron chi connectivity index (χ4n) is 3.64. The molecule has 0 saturated carbocycles. The van der Waals surface area contributed by atoms with E-state index in [9.17, 15) is 4.79 Å². The lowest BCUT2D eigenvalue weighted by atomic mass is 10.1. The molecule has 0 radical (unpaired) electrons. The van der Waals surface area contributed by atoms with Gasteiger partial charge in [0.05, 0.1) is 22.5 Å². The van der Waals surface area contributed by atoms with Gasteiger partial charge in [-0.15, -0.1) is 0 Å². The van der Waals surface area contributed by atoms with Crippen LogP contribution in [0, 0.1) is 11.3 Å². The SMILES string of the molecule is N#Cc1ccc(N2CCN(CCCc3cc4ncccc4c(=O)o3)CC2)cc1. The van der Waals surface area contributed by atoms with Gasteiger partial charge in [-0.1, -0.05) is 0 Å². The van der Waals surface area contributed by atoms with Crippen molar-refractivity contribution in [3.8, 4) is 6.07 Å². The summed E-state index contributed by atoms with van der Waals surface area (Å²) in [5, 5.41) is 9.44. The molecule has 3 heterocycles. The molecule has 0 amide bonds. The lowest BCUT2D eigenvalue weighted by Crippen LogP contribution is -2.46. The van der Waals surface area contributed by atoms with Crippen molar-refractivity contribution in [1.82, 2.24) is 9.88 Å². The largest absolute Gasteiger partial charge is 0.427 e. The first-order chi connectivity index (χ1) is 13.7. The summed E-state index contributed by atoms with van der Waals surface area (Å²) in [7, 11) is 0. The van der Waals surface area contributed by atoms with Crippen molar-refractivity contribution in [1.29, 1.82) is 5.26 Å². The van der Waals surface area contributed by atoms with Gasteiger partial charge in [-0.05, 0) is 49.4 Å². The van der Waals surface area contributed by atoms with E-state index in [1.165, 1.54) is 5.69 Å². The van der Waals surface area contributed by atoms with E-state index < -0.39 is 0 Å². The average Bonchev–Trinajstić information content (AvgIpc) is 2.74. The van der Waals surface area contributed by atoms with Crippen molar-refractivity contribution in [2.45, 2.75) is 12.8 Å². The molecule has 0 spiro atoms. The maximum Gasteiger partial charge on any atom is 0.345 e. The number of fused-ring (bicyclic) bond motifs is 1. The van der Waals surface area contributed by atoms with Gasteiger partial charge in [-0.3, -0.25) is 9.88 Å². The third kappa shape index (κ3) is 4.05. The molecule has 1 saturated heterocycles. The van der Waals surface area contributed by atoms with Gasteiger partial charge >= 0.3 is 5.63 Å². The molecule has 1 aliphatic heterocycles. The number of hydrogen-bond donors (Lipinski definition) is 0. The lowest BCUT2D eigenvalue weighted by molar-refractivity contribution is 0.252. The maximum absolute atomic E-state index is 12.0. The Kier molecular flexibility index (Phi) is 5.36. The zero-order chi connectivity index (χ0) is 19.3. The van der Waals surface area contributed by atoms with Crippen LogP contribution >= 0.6 is 0 Å². The molecule has 0 bridgehead atoms. The van der Waals surface area contributed by atoms with Crippen LogP contribution in [0.3, 0.4) is 0 Å². The zero-order valence-corrected chi connectivity index (χ0v) is 15.7. The minimum Gasteiger partial charge on any atom is -0.427 e. The van der Waals surface area contributed by atoms with E-state index in [1.54, 1.807) is 18.3 Å². The Morgan fingerprint density at radius 2 is 1.89 bits per heavy atom. The number of hydrogen-bond acceptors (Lipinski definition) is 6. The molecule has 0 N–H and O–H groups in total. The van der Waals surface area contributed by atoms with Gasteiger partial charge < -0.3 is 9.32 Å². The normalized spacial score (nSPS) is 14.9. The van der Waals surface area contributed by atoms with Crippen LogP contribution in [0.5, 0.6) is 0 Å². The number of pyridine rings is 1. The molecule has 2 aromatic heterocycles. The Morgan fingerprint density at radius 1 is 1.11 bits per heavy atom. The molecule has 1 fully saturated rings. The number of aryl methyl sites for hydroxylation is 1. The fraction of sp³-hybridized carbons (Fsp3) is 0.318. The van der Waals surface area contributed by atoms with Crippen LogP contribution in [0.15, 0.2) is 57.9 Å². The minimum absolute atomic E-state index is 0.309. The quantitative estimate of drug-likeness (QED) is 0.684. The second-order valence-corrected chi connectivity index (χ2v) is 7.03. The van der Waals surface area contributed by atoms with Crippen LogP contribution in [-0.4, -0.2) is 42.6 Å². The van der Waals surface area contributed by atoms with Gasteiger partial charge in [0.1, 0.15) is 5.76 Å². The van der Waals surface area contributed by atoms with Gasteiger partial charge in [-0.25, -0.2) is 4.79 Å². The summed E-state index contributed by atoms with van der Waals surface area (Å²) >= 11 is 0. The first-order valence-electron chi connectivity index (χ1n) is 9.58. The molecule has 0 atom stereocenters. The highest BCUT2D eigenvalue weighted by Crippen LogP contribution is 2.17. The standard InChI is InChI=1S/C22H22N4O2/c23-16-17-5-7-18(8-6-17)26-13-11-25(12-14-26)10-2-3-19-15-21-20(22(27)28-19)4-1-9-24-21/h1,4-9,15H,2-3,10-14H2. The van der Waals surface area contributed by atoms with Crippen molar-refractivity contribution in [3.05, 3.63) is 70.4 Å². The number of rotatable bonds is 5. The van der Waals surface area contributed by atoms with Gasteiger partial charge in [-0.2, -0.15) is 5.26 Å². The third-order valence-electron chi connectivity index (χ3n) is 5.21. The van der Waals surface area contributed by atoms with E-state index >= 15 is 0 Å². The summed E-state index contributed by atoms with van der Waals surface area (Å²) in [6.45, 7) is 4.93. The molecule has 6 heteroatoms. The summed E-state index contributed by atoms with van der Waals surface area (Å²) in [6, 6.07) is 15.3. The third-order valence-corrected chi connectivity index (χ3v) is 5.21. The van der Waals surface area contributed by atoms with Gasteiger partial charge in [0.25, 0.3) is 0 Å². The summed E-state index contributed by atoms with van der Waals surface area (Å²) in [4.78, 5) is 21.1. The maximum atomic E-state index is 12.0. The van der Waals surface area contributed by atoms with Crippen LogP contribution in [0.1, 0.15) is 17.7 Å². The summed E-state index contributed by atoms with van der Waals surface area (Å²) in [6.07, 6.45) is 3.37. The first kappa shape index (κ1) is 18.2. The van der Waals surface area contributed by atoms with Crippen LogP contribution in [0.4, 0.5) is 5.69 Å². The number of nitrogens with zero attached hydrogens (tertiary/aromatic N) is 4. The molecule has 1 aromatic carbocycles. The van der Waals surface area contributed by atoms with Gasteiger partial charge in [0, 0.05) is 50.6 Å². The minimum atomic E-state index is -0.309. The topological polar surface area (TPSA) is 73.4 Å². The van der Waals surface area contributed by atoms with E-state index in [4.69, 9.17) is 9.68 Å². The van der Waals surface area contributed by atoms with Crippen molar-refractivity contribution < 1.29 is 4.42 Å². The molecule has 6 nitrogen and oxygen atoms in total. The summed E-state index contributed by atoms with van der Waals surface area (Å²) in [5.41, 5.74) is 2.25. The highest BCUT2D eigenvalue weighted by molar-refractivity contribution is 5.76. The lowest BCUT2D eigenvalue weighted by Gasteiger charge is -2.36. The summed E-state index contributed by atoms with van der Waals surface area (Å²) < 4.78 is 5.43. The van der Waals surface area contributed by atoms with Crippen molar-refractivity contribution in [2.24, 2.45) is 0 Å². The zero-order valence-electron chi connectivity index (χ0n) is 15.7. The highest BCUT2D eigenvalue weighted by atomic mass is 16.4. The van der Waals surface area contributed by atoms with E-state index in [2.05, 4.69) is 20.9 Å². The predicted octanol–water partition coefficient (Wildman–Crippen LogP) is 2.81. The number of anilines is 1. The molecule has 3 aromatic rings. The van der Waals surface area contributed by atoms with E-state index in [1.807, 2.05) is 30.3 Å². The van der Waals surface area contributed by atoms with E-state index in [-0.39, 0.29) is 5.63 Å². The van der Waals surface area contributed by atoms with Crippen LogP contribution in [-0.2, 0) is 6.42 Å². The molecular formula is C22H22N4O2. The van der Waals surface area contributed by atoms with Crippen LogP contribution < -0.4 is 10.5 Å². The number of benzene rings is 1. The Balaban J connectivity index is 1.28. The van der Waals surface area contributed by atoms with Crippen molar-refractivity contribution in [2.75, 3.05) is 37.6 Å². The fourth-order valence-corrected chi connectivity index (χ4v) is 3.64. The molecule has 4 rings (SSSR count). The Bertz CT molecular complexity index is 1040. The predicted molar refractivity (Wildman–Crippen MR) is 108 cm³/mol. The molecule has 0 aliphatic carbocycles. The van der Waals surface area contributed by atoms with Crippen molar-refractivity contribution in [3.63, 3.8) is 0 Å². The number of nitriles is 1. The Morgan fingerprint density at radius 3 is 2.64 bits per heavy atom. The molecule has 28 heavy (non-hydrogen) atoms. The van der Waals surface area contributed by atoms with Gasteiger partial charge in [0.2, 0.25) is 0 Å². The monoisotopic (exact) mass is 374 g/mol. The highest BCUT2D eigenvalue weighted by Gasteiger charge is 2.17. The second kappa shape index (κ2) is 8.24. The summed E-state index contributed by atoms with van der Waals surface area (Å²) in [5.74, 6) is 0.701. The Hall–Kier alpha value is -3.17. The smallest absolute Gasteiger partial charge is 0.345 e. The molecule has 142 valence electrons. The average molecular weight is 374 g/mol. The Labute approximate surface area is 163 Å². The van der Waals surface area contributed by atoms with E-state index in [0.717, 1.165) is 45.6 Å². The molecule has 0 unspecified atom stereocenters. The van der Waals surface area contributed by atoms with Gasteiger partial charge in [0.15, 0.2) is 0 Å². The van der Waals surface area contributed by atoms with Crippen LogP contribution in [0.25, 0.3) is 10.9 Å².